The molecule has 8 heteroatoms. The Morgan fingerprint density at radius 3 is 2.21 bits per heavy atom. The van der Waals surface area contributed by atoms with E-state index in [9.17, 15) is 4.79 Å². The van der Waals surface area contributed by atoms with Gasteiger partial charge in [-0.3, -0.25) is 13.9 Å². The standard InChI is InChI=1S/C25H28N6OS/c1-33-25-28-22-21(23(32)31(25)16-19-11-6-3-7-12-19)30(15-18-9-4-2-5-10-18)24(27-22)29-14-8-13-20(26)17-29/h2-7,9-12,20H,8,13-17,26H2,1H3. The van der Waals surface area contributed by atoms with Gasteiger partial charge < -0.3 is 10.6 Å². The van der Waals surface area contributed by atoms with Gasteiger partial charge in [-0.15, -0.1) is 0 Å². The van der Waals surface area contributed by atoms with Gasteiger partial charge in [-0.2, -0.15) is 4.98 Å². The number of nitrogens with zero attached hydrogens (tertiary/aromatic N) is 5. The Morgan fingerprint density at radius 1 is 0.970 bits per heavy atom. The van der Waals surface area contributed by atoms with Gasteiger partial charge in [0.1, 0.15) is 0 Å². The number of imidazole rings is 1. The van der Waals surface area contributed by atoms with E-state index in [1.165, 1.54) is 11.8 Å². The fourth-order valence-corrected chi connectivity index (χ4v) is 5.04. The molecular formula is C25H28N6OS. The zero-order valence-electron chi connectivity index (χ0n) is 18.7. The van der Waals surface area contributed by atoms with Gasteiger partial charge >= 0.3 is 0 Å². The van der Waals surface area contributed by atoms with E-state index in [1.54, 1.807) is 4.57 Å². The summed E-state index contributed by atoms with van der Waals surface area (Å²) in [4.78, 5) is 25.8. The maximum Gasteiger partial charge on any atom is 0.280 e. The van der Waals surface area contributed by atoms with E-state index >= 15 is 0 Å². The fraction of sp³-hybridized carbons (Fsp3) is 0.320. The van der Waals surface area contributed by atoms with E-state index in [0.717, 1.165) is 43.0 Å². The zero-order chi connectivity index (χ0) is 22.8. The number of rotatable bonds is 6. The van der Waals surface area contributed by atoms with Crippen LogP contribution in [0.3, 0.4) is 0 Å². The Kier molecular flexibility index (Phi) is 6.20. The molecule has 0 spiro atoms. The predicted molar refractivity (Wildman–Crippen MR) is 134 cm³/mol. The summed E-state index contributed by atoms with van der Waals surface area (Å²) < 4.78 is 3.79. The van der Waals surface area contributed by atoms with Crippen molar-refractivity contribution in [2.75, 3.05) is 24.2 Å². The molecule has 1 unspecified atom stereocenters. The van der Waals surface area contributed by atoms with Crippen LogP contribution in [0.25, 0.3) is 11.2 Å². The lowest BCUT2D eigenvalue weighted by Gasteiger charge is -2.31. The molecule has 0 radical (unpaired) electrons. The van der Waals surface area contributed by atoms with E-state index in [4.69, 9.17) is 15.7 Å². The van der Waals surface area contributed by atoms with E-state index < -0.39 is 0 Å². The Morgan fingerprint density at radius 2 is 1.61 bits per heavy atom. The number of aromatic nitrogens is 4. The van der Waals surface area contributed by atoms with Crippen LogP contribution in [0.1, 0.15) is 24.0 Å². The van der Waals surface area contributed by atoms with Crippen LogP contribution in [0.4, 0.5) is 5.95 Å². The van der Waals surface area contributed by atoms with Gasteiger partial charge in [-0.1, -0.05) is 72.4 Å². The first-order valence-electron chi connectivity index (χ1n) is 11.3. The van der Waals surface area contributed by atoms with Crippen LogP contribution in [-0.4, -0.2) is 44.5 Å². The van der Waals surface area contributed by atoms with Crippen molar-refractivity contribution in [1.29, 1.82) is 0 Å². The molecule has 1 fully saturated rings. The molecule has 33 heavy (non-hydrogen) atoms. The number of benzene rings is 2. The third-order valence-electron chi connectivity index (χ3n) is 6.10. The molecule has 1 aliphatic rings. The molecule has 7 nitrogen and oxygen atoms in total. The number of piperidine rings is 1. The van der Waals surface area contributed by atoms with E-state index in [0.29, 0.717) is 29.4 Å². The second kappa shape index (κ2) is 9.41. The van der Waals surface area contributed by atoms with Crippen LogP contribution in [-0.2, 0) is 13.1 Å². The average Bonchev–Trinajstić information content (AvgIpc) is 3.20. The van der Waals surface area contributed by atoms with Crippen LogP contribution in [0.2, 0.25) is 0 Å². The highest BCUT2D eigenvalue weighted by Crippen LogP contribution is 2.25. The van der Waals surface area contributed by atoms with Crippen LogP contribution in [0.5, 0.6) is 0 Å². The maximum atomic E-state index is 13.9. The highest BCUT2D eigenvalue weighted by atomic mass is 32.2. The molecule has 2 N–H and O–H groups in total. The molecular weight excluding hydrogens is 432 g/mol. The summed E-state index contributed by atoms with van der Waals surface area (Å²) in [6.07, 6.45) is 3.96. The van der Waals surface area contributed by atoms with E-state index in [2.05, 4.69) is 17.0 Å². The smallest absolute Gasteiger partial charge is 0.280 e. The molecule has 4 aromatic rings. The van der Waals surface area contributed by atoms with Gasteiger partial charge in [-0.25, -0.2) is 4.98 Å². The maximum absolute atomic E-state index is 13.9. The van der Waals surface area contributed by atoms with Crippen molar-refractivity contribution in [2.24, 2.45) is 5.73 Å². The minimum Gasteiger partial charge on any atom is -0.341 e. The van der Waals surface area contributed by atoms with Crippen LogP contribution >= 0.6 is 11.8 Å². The molecule has 1 saturated heterocycles. The highest BCUT2D eigenvalue weighted by Gasteiger charge is 2.26. The molecule has 1 atom stereocenters. The van der Waals surface area contributed by atoms with Gasteiger partial charge in [0, 0.05) is 19.1 Å². The van der Waals surface area contributed by atoms with E-state index in [1.807, 2.05) is 59.4 Å². The number of anilines is 1. The molecule has 170 valence electrons. The summed E-state index contributed by atoms with van der Waals surface area (Å²) >= 11 is 1.47. The predicted octanol–water partition coefficient (Wildman–Crippen LogP) is 3.34. The first kappa shape index (κ1) is 21.7. The Bertz CT molecular complexity index is 1300. The molecule has 1 aliphatic heterocycles. The Labute approximate surface area is 197 Å². The molecule has 0 bridgehead atoms. The summed E-state index contributed by atoms with van der Waals surface area (Å²) in [5.41, 5.74) is 9.43. The Balaban J connectivity index is 1.69. The minimum absolute atomic E-state index is 0.0656. The Hall–Kier alpha value is -3.10. The topological polar surface area (TPSA) is 82.0 Å². The summed E-state index contributed by atoms with van der Waals surface area (Å²) in [6.45, 7) is 2.63. The van der Waals surface area contributed by atoms with Gasteiger partial charge in [-0.05, 0) is 30.2 Å². The largest absolute Gasteiger partial charge is 0.341 e. The van der Waals surface area contributed by atoms with Crippen molar-refractivity contribution < 1.29 is 0 Å². The van der Waals surface area contributed by atoms with Crippen molar-refractivity contribution in [1.82, 2.24) is 19.1 Å². The lowest BCUT2D eigenvalue weighted by molar-refractivity contribution is 0.495. The molecule has 5 rings (SSSR count). The highest BCUT2D eigenvalue weighted by molar-refractivity contribution is 7.98. The average molecular weight is 461 g/mol. The molecule has 3 heterocycles. The number of nitrogens with two attached hydrogens (primary N) is 1. The van der Waals surface area contributed by atoms with E-state index in [-0.39, 0.29) is 11.6 Å². The normalized spacial score (nSPS) is 16.4. The molecule has 2 aromatic carbocycles. The molecule has 2 aromatic heterocycles. The van der Waals surface area contributed by atoms with Crippen LogP contribution in [0, 0.1) is 0 Å². The number of hydrogen-bond donors (Lipinski definition) is 1. The summed E-state index contributed by atoms with van der Waals surface area (Å²) in [5.74, 6) is 0.776. The van der Waals surface area contributed by atoms with Gasteiger partial charge in [0.25, 0.3) is 5.56 Å². The third-order valence-corrected chi connectivity index (χ3v) is 6.78. The van der Waals surface area contributed by atoms with Gasteiger partial charge in [0.2, 0.25) is 5.95 Å². The summed E-state index contributed by atoms with van der Waals surface area (Å²) in [5, 5.41) is 0.669. The van der Waals surface area contributed by atoms with Crippen LogP contribution in [0.15, 0.2) is 70.6 Å². The first-order valence-corrected chi connectivity index (χ1v) is 12.5. The van der Waals surface area contributed by atoms with Crippen molar-refractivity contribution in [3.8, 4) is 0 Å². The molecule has 0 amide bonds. The second-order valence-electron chi connectivity index (χ2n) is 8.48. The second-order valence-corrected chi connectivity index (χ2v) is 9.25. The summed E-state index contributed by atoms with van der Waals surface area (Å²) in [6, 6.07) is 20.3. The molecule has 0 saturated carbocycles. The van der Waals surface area contributed by atoms with Crippen molar-refractivity contribution in [3.05, 3.63) is 82.1 Å². The number of thioether (sulfide) groups is 1. The monoisotopic (exact) mass is 460 g/mol. The minimum atomic E-state index is -0.0656. The van der Waals surface area contributed by atoms with Gasteiger partial charge in [0.15, 0.2) is 16.3 Å². The number of fused-ring (bicyclic) bond motifs is 1. The van der Waals surface area contributed by atoms with Crippen molar-refractivity contribution >= 4 is 28.9 Å². The first-order chi connectivity index (χ1) is 16.1. The number of hydrogen-bond acceptors (Lipinski definition) is 6. The lowest BCUT2D eigenvalue weighted by Crippen LogP contribution is -2.44. The summed E-state index contributed by atoms with van der Waals surface area (Å²) in [7, 11) is 0. The van der Waals surface area contributed by atoms with Crippen molar-refractivity contribution in [2.45, 2.75) is 37.1 Å². The fourth-order valence-electron chi connectivity index (χ4n) is 4.49. The molecule has 0 aliphatic carbocycles. The SMILES string of the molecule is CSc1nc2nc(N3CCCC(N)C3)n(Cc3ccccc3)c2c(=O)n1Cc1ccccc1. The van der Waals surface area contributed by atoms with Crippen LogP contribution < -0.4 is 16.2 Å². The zero-order valence-corrected chi connectivity index (χ0v) is 19.5. The third kappa shape index (κ3) is 4.41. The lowest BCUT2D eigenvalue weighted by atomic mass is 10.1. The van der Waals surface area contributed by atoms with Gasteiger partial charge in [0.05, 0.1) is 13.1 Å². The quantitative estimate of drug-likeness (QED) is 0.351. The van der Waals surface area contributed by atoms with Crippen molar-refractivity contribution in [3.63, 3.8) is 0 Å².